The van der Waals surface area contributed by atoms with Gasteiger partial charge in [-0.05, 0) is 42.0 Å². The normalized spacial score (nSPS) is 10.8. The molecule has 1 N–H and O–H groups in total. The van der Waals surface area contributed by atoms with Crippen molar-refractivity contribution in [3.63, 3.8) is 0 Å². The lowest BCUT2D eigenvalue weighted by Gasteiger charge is -2.13. The zero-order chi connectivity index (χ0) is 22.7. The first-order valence-electron chi connectivity index (χ1n) is 9.59. The van der Waals surface area contributed by atoms with Gasteiger partial charge in [0.1, 0.15) is 12.3 Å². The Morgan fingerprint density at radius 2 is 1.69 bits per heavy atom. The minimum absolute atomic E-state index is 0.0000883. The maximum absolute atomic E-state index is 13.2. The van der Waals surface area contributed by atoms with Crippen LogP contribution in [0.3, 0.4) is 0 Å². The summed E-state index contributed by atoms with van der Waals surface area (Å²) < 4.78 is 7.31. The van der Waals surface area contributed by atoms with Crippen LogP contribution in [0.1, 0.15) is 5.56 Å². The molecule has 32 heavy (non-hydrogen) atoms. The Morgan fingerprint density at radius 1 is 1.00 bits per heavy atom. The van der Waals surface area contributed by atoms with E-state index >= 15 is 0 Å². The smallest absolute Gasteiger partial charge is 0.333 e. The molecule has 0 saturated heterocycles. The molecule has 0 unspecified atom stereocenters. The Kier molecular flexibility index (Phi) is 6.00. The second kappa shape index (κ2) is 9.03. The highest BCUT2D eigenvalue weighted by Gasteiger charge is 2.17. The van der Waals surface area contributed by atoms with E-state index in [1.54, 1.807) is 55.6 Å². The van der Waals surface area contributed by atoms with Crippen LogP contribution in [0.2, 0.25) is 5.02 Å². The van der Waals surface area contributed by atoms with Gasteiger partial charge < -0.3 is 10.1 Å². The van der Waals surface area contributed by atoms with Crippen molar-refractivity contribution in [3.8, 4) is 5.75 Å². The lowest BCUT2D eigenvalue weighted by Crippen LogP contribution is -2.42. The van der Waals surface area contributed by atoms with E-state index in [0.717, 1.165) is 9.13 Å². The Morgan fingerprint density at radius 3 is 2.38 bits per heavy atom. The number of aromatic nitrogens is 4. The van der Waals surface area contributed by atoms with Crippen LogP contribution in [-0.4, -0.2) is 32.1 Å². The van der Waals surface area contributed by atoms with Crippen molar-refractivity contribution in [3.05, 3.63) is 92.3 Å². The van der Waals surface area contributed by atoms with Crippen LogP contribution in [0.25, 0.3) is 11.2 Å². The molecule has 10 heteroatoms. The largest absolute Gasteiger partial charge is 0.497 e. The van der Waals surface area contributed by atoms with E-state index < -0.39 is 17.2 Å². The van der Waals surface area contributed by atoms with Gasteiger partial charge in [0.2, 0.25) is 5.91 Å². The third-order valence-electron chi connectivity index (χ3n) is 4.77. The fourth-order valence-electron chi connectivity index (χ4n) is 3.20. The van der Waals surface area contributed by atoms with Gasteiger partial charge in [0.15, 0.2) is 11.2 Å². The van der Waals surface area contributed by atoms with Gasteiger partial charge in [0, 0.05) is 23.1 Å². The second-order valence-corrected chi connectivity index (χ2v) is 7.33. The first-order chi connectivity index (χ1) is 15.5. The quantitative estimate of drug-likeness (QED) is 0.482. The fraction of sp³-hybridized carbons (Fsp3) is 0.136. The van der Waals surface area contributed by atoms with Crippen molar-refractivity contribution in [1.82, 2.24) is 19.1 Å². The number of carbonyl (C=O) groups excluding carboxylic acids is 1. The van der Waals surface area contributed by atoms with E-state index in [-0.39, 0.29) is 24.3 Å². The van der Waals surface area contributed by atoms with Crippen LogP contribution < -0.4 is 21.3 Å². The van der Waals surface area contributed by atoms with Crippen LogP contribution in [0, 0.1) is 0 Å². The van der Waals surface area contributed by atoms with Crippen molar-refractivity contribution < 1.29 is 9.53 Å². The van der Waals surface area contributed by atoms with Crippen molar-refractivity contribution in [1.29, 1.82) is 0 Å². The summed E-state index contributed by atoms with van der Waals surface area (Å²) in [7, 11) is 1.55. The predicted octanol–water partition coefficient (Wildman–Crippen LogP) is 2.30. The molecule has 0 radical (unpaired) electrons. The summed E-state index contributed by atoms with van der Waals surface area (Å²) in [5.74, 6) is 0.192. The molecule has 0 aliphatic carbocycles. The number of hydrogen-bond acceptors (Lipinski definition) is 6. The second-order valence-electron chi connectivity index (χ2n) is 6.89. The van der Waals surface area contributed by atoms with Crippen LogP contribution in [0.15, 0.2) is 70.5 Å². The number of amides is 1. The van der Waals surface area contributed by atoms with Gasteiger partial charge in [-0.1, -0.05) is 23.7 Å². The van der Waals surface area contributed by atoms with E-state index in [9.17, 15) is 14.4 Å². The summed E-state index contributed by atoms with van der Waals surface area (Å²) >= 11 is 5.87. The third-order valence-corrected chi connectivity index (χ3v) is 5.03. The molecule has 1 amide bonds. The molecule has 0 aliphatic heterocycles. The van der Waals surface area contributed by atoms with Crippen LogP contribution in [0.4, 0.5) is 5.69 Å². The van der Waals surface area contributed by atoms with Gasteiger partial charge in [-0.2, -0.15) is 0 Å². The van der Waals surface area contributed by atoms with Gasteiger partial charge in [-0.25, -0.2) is 14.8 Å². The summed E-state index contributed by atoms with van der Waals surface area (Å²) in [6, 6.07) is 13.5. The van der Waals surface area contributed by atoms with E-state index in [4.69, 9.17) is 16.3 Å². The standard InChI is InChI=1S/C22H18ClN5O4/c1-32-17-8-2-14(3-9-17)12-28-21(30)19-20(25-11-10-24-19)27(22(28)31)13-18(29)26-16-6-4-15(23)5-7-16/h2-11H,12-13H2,1H3,(H,26,29). The lowest BCUT2D eigenvalue weighted by atomic mass is 10.2. The SMILES string of the molecule is COc1ccc(Cn2c(=O)c3nccnc3n(CC(=O)Nc3ccc(Cl)cc3)c2=O)cc1. The van der Waals surface area contributed by atoms with Gasteiger partial charge in [-0.15, -0.1) is 0 Å². The minimum atomic E-state index is -0.662. The Labute approximate surface area is 186 Å². The number of rotatable bonds is 6. The molecule has 0 saturated carbocycles. The Balaban J connectivity index is 1.72. The molecule has 0 fully saturated rings. The van der Waals surface area contributed by atoms with Crippen molar-refractivity contribution in [2.24, 2.45) is 0 Å². The highest BCUT2D eigenvalue weighted by Crippen LogP contribution is 2.14. The number of nitrogens with one attached hydrogen (secondary N) is 1. The van der Waals surface area contributed by atoms with E-state index in [2.05, 4.69) is 15.3 Å². The predicted molar refractivity (Wildman–Crippen MR) is 120 cm³/mol. The zero-order valence-corrected chi connectivity index (χ0v) is 17.7. The fourth-order valence-corrected chi connectivity index (χ4v) is 3.33. The van der Waals surface area contributed by atoms with Gasteiger partial charge in [0.05, 0.1) is 13.7 Å². The maximum atomic E-state index is 13.2. The number of hydrogen-bond donors (Lipinski definition) is 1. The highest BCUT2D eigenvalue weighted by atomic mass is 35.5. The zero-order valence-electron chi connectivity index (χ0n) is 17.0. The van der Waals surface area contributed by atoms with Gasteiger partial charge in [-0.3, -0.25) is 18.7 Å². The molecular weight excluding hydrogens is 434 g/mol. The molecule has 162 valence electrons. The van der Waals surface area contributed by atoms with E-state index in [0.29, 0.717) is 22.0 Å². The summed E-state index contributed by atoms with van der Waals surface area (Å²) in [4.78, 5) is 47.0. The molecule has 0 spiro atoms. The third kappa shape index (κ3) is 4.37. The van der Waals surface area contributed by atoms with Gasteiger partial charge >= 0.3 is 5.69 Å². The average molecular weight is 452 g/mol. The van der Waals surface area contributed by atoms with E-state index in [1.807, 2.05) is 0 Å². The van der Waals surface area contributed by atoms with Crippen molar-refractivity contribution in [2.75, 3.05) is 12.4 Å². The van der Waals surface area contributed by atoms with Crippen LogP contribution >= 0.6 is 11.6 Å². The van der Waals surface area contributed by atoms with Crippen LogP contribution in [0.5, 0.6) is 5.75 Å². The number of fused-ring (bicyclic) bond motifs is 1. The maximum Gasteiger partial charge on any atom is 0.333 e. The minimum Gasteiger partial charge on any atom is -0.497 e. The molecular formula is C22H18ClN5O4. The molecule has 4 aromatic rings. The summed E-state index contributed by atoms with van der Waals surface area (Å²) in [5.41, 5.74) is 0.0350. The number of halogens is 1. The van der Waals surface area contributed by atoms with Gasteiger partial charge in [0.25, 0.3) is 5.56 Å². The topological polar surface area (TPSA) is 108 Å². The number of methoxy groups -OCH3 is 1. The van der Waals surface area contributed by atoms with Crippen molar-refractivity contribution in [2.45, 2.75) is 13.1 Å². The molecule has 0 bridgehead atoms. The first-order valence-corrected chi connectivity index (χ1v) is 9.97. The number of nitrogens with zero attached hydrogens (tertiary/aromatic N) is 4. The first kappa shape index (κ1) is 21.3. The summed E-state index contributed by atoms with van der Waals surface area (Å²) in [6.07, 6.45) is 2.73. The number of carbonyl (C=O) groups is 1. The average Bonchev–Trinajstić information content (AvgIpc) is 2.81. The number of anilines is 1. The number of ether oxygens (including phenoxy) is 1. The molecule has 0 aliphatic rings. The Bertz CT molecular complexity index is 1400. The van der Waals surface area contributed by atoms with Crippen LogP contribution in [-0.2, 0) is 17.9 Å². The van der Waals surface area contributed by atoms with E-state index in [1.165, 1.54) is 12.4 Å². The molecule has 2 aromatic carbocycles. The molecule has 2 heterocycles. The molecule has 2 aromatic heterocycles. The van der Waals surface area contributed by atoms with Crippen molar-refractivity contribution >= 4 is 34.4 Å². The lowest BCUT2D eigenvalue weighted by molar-refractivity contribution is -0.116. The molecule has 9 nitrogen and oxygen atoms in total. The molecule has 4 rings (SSSR count). The molecule has 0 atom stereocenters. The number of benzene rings is 2. The Hall–Kier alpha value is -3.98. The monoisotopic (exact) mass is 451 g/mol. The summed E-state index contributed by atoms with van der Waals surface area (Å²) in [6.45, 7) is -0.341. The summed E-state index contributed by atoms with van der Waals surface area (Å²) in [5, 5.41) is 3.23. The highest BCUT2D eigenvalue weighted by molar-refractivity contribution is 6.30.